The van der Waals surface area contributed by atoms with Gasteiger partial charge in [0.15, 0.2) is 0 Å². The van der Waals surface area contributed by atoms with Crippen molar-refractivity contribution in [1.82, 2.24) is 9.78 Å². The molecule has 1 unspecified atom stereocenters. The Bertz CT molecular complexity index is 464. The van der Waals surface area contributed by atoms with Gasteiger partial charge in [-0.2, -0.15) is 5.10 Å². The van der Waals surface area contributed by atoms with Gasteiger partial charge in [-0.1, -0.05) is 6.92 Å². The topological polar surface area (TPSA) is 53.1 Å². The maximum Gasteiger partial charge on any atom is 0.0889 e. The Morgan fingerprint density at radius 1 is 1.48 bits per heavy atom. The third kappa shape index (κ3) is 3.35. The standard InChI is InChI=1S/C16H28BrN3O/c1-5-21-16(8-6-12(4)7-9-16)15(18)14-13(17)10-19-20(14)11(2)3/h10-12,15H,5-9,18H2,1-4H3. The molecule has 5 heteroatoms. The monoisotopic (exact) mass is 357 g/mol. The van der Waals surface area contributed by atoms with Crippen molar-refractivity contribution in [2.45, 2.75) is 71.1 Å². The summed E-state index contributed by atoms with van der Waals surface area (Å²) in [6.07, 6.45) is 6.26. The highest BCUT2D eigenvalue weighted by molar-refractivity contribution is 9.10. The van der Waals surface area contributed by atoms with Crippen LogP contribution in [-0.4, -0.2) is 22.0 Å². The predicted octanol–water partition coefficient (Wildman–Crippen LogP) is 4.21. The molecule has 0 saturated heterocycles. The predicted molar refractivity (Wildman–Crippen MR) is 89.2 cm³/mol. The molecular formula is C16H28BrN3O. The van der Waals surface area contributed by atoms with Crippen LogP contribution in [0.2, 0.25) is 0 Å². The third-order valence-electron chi connectivity index (χ3n) is 4.69. The minimum atomic E-state index is -0.254. The van der Waals surface area contributed by atoms with E-state index in [0.29, 0.717) is 12.6 Å². The first-order valence-electron chi connectivity index (χ1n) is 8.03. The van der Waals surface area contributed by atoms with E-state index in [1.807, 2.05) is 10.9 Å². The van der Waals surface area contributed by atoms with Gasteiger partial charge in [0.2, 0.25) is 0 Å². The van der Waals surface area contributed by atoms with Gasteiger partial charge in [0, 0.05) is 12.6 Å². The van der Waals surface area contributed by atoms with E-state index in [4.69, 9.17) is 10.5 Å². The first-order valence-corrected chi connectivity index (χ1v) is 8.83. The molecule has 0 radical (unpaired) electrons. The van der Waals surface area contributed by atoms with Crippen molar-refractivity contribution in [3.63, 3.8) is 0 Å². The molecule has 4 nitrogen and oxygen atoms in total. The minimum Gasteiger partial charge on any atom is -0.373 e. The van der Waals surface area contributed by atoms with E-state index in [-0.39, 0.29) is 11.6 Å². The zero-order valence-corrected chi connectivity index (χ0v) is 15.2. The number of halogens is 1. The Balaban J connectivity index is 2.35. The van der Waals surface area contributed by atoms with E-state index >= 15 is 0 Å². The SMILES string of the molecule is CCOC1(C(N)c2c(Br)cnn2C(C)C)CCC(C)CC1. The summed E-state index contributed by atoms with van der Waals surface area (Å²) in [5, 5.41) is 4.47. The van der Waals surface area contributed by atoms with Crippen molar-refractivity contribution >= 4 is 15.9 Å². The van der Waals surface area contributed by atoms with Gasteiger partial charge in [-0.25, -0.2) is 0 Å². The van der Waals surface area contributed by atoms with Gasteiger partial charge in [-0.15, -0.1) is 0 Å². The summed E-state index contributed by atoms with van der Waals surface area (Å²) in [5.41, 5.74) is 7.51. The van der Waals surface area contributed by atoms with Gasteiger partial charge in [-0.3, -0.25) is 4.68 Å². The highest BCUT2D eigenvalue weighted by Crippen LogP contribution is 2.43. The number of hydrogen-bond acceptors (Lipinski definition) is 3. The van der Waals surface area contributed by atoms with Gasteiger partial charge in [-0.05, 0) is 68.3 Å². The van der Waals surface area contributed by atoms with E-state index in [1.165, 1.54) is 12.8 Å². The molecule has 1 heterocycles. The number of hydrogen-bond donors (Lipinski definition) is 1. The maximum atomic E-state index is 6.70. The second-order valence-corrected chi connectivity index (χ2v) is 7.43. The molecule has 1 aliphatic rings. The van der Waals surface area contributed by atoms with Crippen LogP contribution in [0.25, 0.3) is 0 Å². The van der Waals surface area contributed by atoms with Gasteiger partial charge in [0.25, 0.3) is 0 Å². The lowest BCUT2D eigenvalue weighted by molar-refractivity contribution is -0.0914. The van der Waals surface area contributed by atoms with E-state index in [2.05, 4.69) is 48.7 Å². The Hall–Kier alpha value is -0.390. The van der Waals surface area contributed by atoms with Crippen molar-refractivity contribution in [2.75, 3.05) is 6.61 Å². The average molecular weight is 358 g/mol. The quantitative estimate of drug-likeness (QED) is 0.858. The van der Waals surface area contributed by atoms with Crippen LogP contribution in [0.3, 0.4) is 0 Å². The molecule has 0 aromatic carbocycles. The van der Waals surface area contributed by atoms with Crippen LogP contribution < -0.4 is 5.73 Å². The lowest BCUT2D eigenvalue weighted by Crippen LogP contribution is -2.47. The molecule has 1 saturated carbocycles. The van der Waals surface area contributed by atoms with Crippen LogP contribution >= 0.6 is 15.9 Å². The Morgan fingerprint density at radius 3 is 2.62 bits per heavy atom. The smallest absolute Gasteiger partial charge is 0.0889 e. The molecule has 120 valence electrons. The molecule has 1 aromatic rings. The molecule has 0 amide bonds. The summed E-state index contributed by atoms with van der Waals surface area (Å²) in [4.78, 5) is 0. The molecule has 21 heavy (non-hydrogen) atoms. The lowest BCUT2D eigenvalue weighted by Gasteiger charge is -2.43. The van der Waals surface area contributed by atoms with E-state index in [0.717, 1.165) is 28.9 Å². The average Bonchev–Trinajstić information content (AvgIpc) is 2.83. The van der Waals surface area contributed by atoms with Crippen LogP contribution in [0.5, 0.6) is 0 Å². The second-order valence-electron chi connectivity index (χ2n) is 6.57. The summed E-state index contributed by atoms with van der Waals surface area (Å²) in [7, 11) is 0. The molecule has 0 bridgehead atoms. The van der Waals surface area contributed by atoms with Crippen molar-refractivity contribution in [2.24, 2.45) is 11.7 Å². The molecule has 1 aromatic heterocycles. The van der Waals surface area contributed by atoms with Crippen molar-refractivity contribution in [1.29, 1.82) is 0 Å². The number of rotatable bonds is 5. The normalized spacial score (nSPS) is 28.0. The Morgan fingerprint density at radius 2 is 2.10 bits per heavy atom. The number of aromatic nitrogens is 2. The zero-order valence-electron chi connectivity index (χ0n) is 13.6. The van der Waals surface area contributed by atoms with Crippen LogP contribution in [0.4, 0.5) is 0 Å². The highest BCUT2D eigenvalue weighted by atomic mass is 79.9. The van der Waals surface area contributed by atoms with Crippen molar-refractivity contribution in [3.05, 3.63) is 16.4 Å². The number of nitrogens with zero attached hydrogens (tertiary/aromatic N) is 2. The first kappa shape index (κ1) is 17.0. The van der Waals surface area contributed by atoms with Crippen LogP contribution in [-0.2, 0) is 4.74 Å². The Labute approximate surface area is 136 Å². The first-order chi connectivity index (χ1) is 9.91. The fourth-order valence-corrected chi connectivity index (χ4v) is 3.91. The molecule has 2 N–H and O–H groups in total. The van der Waals surface area contributed by atoms with E-state index < -0.39 is 0 Å². The van der Waals surface area contributed by atoms with Gasteiger partial charge >= 0.3 is 0 Å². The van der Waals surface area contributed by atoms with E-state index in [9.17, 15) is 0 Å². The highest BCUT2D eigenvalue weighted by Gasteiger charge is 2.43. The third-order valence-corrected chi connectivity index (χ3v) is 5.30. The fraction of sp³-hybridized carbons (Fsp3) is 0.812. The lowest BCUT2D eigenvalue weighted by atomic mass is 9.74. The number of nitrogens with two attached hydrogens (primary N) is 1. The summed E-state index contributed by atoms with van der Waals surface area (Å²) < 4.78 is 9.22. The van der Waals surface area contributed by atoms with Crippen LogP contribution in [0.15, 0.2) is 10.7 Å². The molecule has 0 aliphatic heterocycles. The molecule has 1 fully saturated rings. The van der Waals surface area contributed by atoms with Crippen molar-refractivity contribution in [3.8, 4) is 0 Å². The fourth-order valence-electron chi connectivity index (χ4n) is 3.39. The zero-order chi connectivity index (χ0) is 15.6. The summed E-state index contributed by atoms with van der Waals surface area (Å²) in [6.45, 7) is 9.34. The summed E-state index contributed by atoms with van der Waals surface area (Å²) >= 11 is 3.62. The molecular weight excluding hydrogens is 330 g/mol. The summed E-state index contributed by atoms with van der Waals surface area (Å²) in [5.74, 6) is 0.768. The largest absolute Gasteiger partial charge is 0.373 e. The molecule has 0 spiro atoms. The van der Waals surface area contributed by atoms with Crippen molar-refractivity contribution < 1.29 is 4.74 Å². The van der Waals surface area contributed by atoms with Crippen LogP contribution in [0.1, 0.15) is 71.2 Å². The van der Waals surface area contributed by atoms with Gasteiger partial charge in [0.05, 0.1) is 28.0 Å². The van der Waals surface area contributed by atoms with Crippen LogP contribution in [0, 0.1) is 5.92 Å². The molecule has 1 aliphatic carbocycles. The molecule has 1 atom stereocenters. The Kier molecular flexibility index (Phi) is 5.49. The summed E-state index contributed by atoms with van der Waals surface area (Å²) in [6, 6.07) is 0.141. The number of ether oxygens (including phenoxy) is 1. The second kappa shape index (κ2) is 6.80. The van der Waals surface area contributed by atoms with Gasteiger partial charge < -0.3 is 10.5 Å². The maximum absolute atomic E-state index is 6.70. The van der Waals surface area contributed by atoms with E-state index in [1.54, 1.807) is 0 Å². The van der Waals surface area contributed by atoms with Gasteiger partial charge in [0.1, 0.15) is 0 Å². The minimum absolute atomic E-state index is 0.149. The molecule has 2 rings (SSSR count).